The second kappa shape index (κ2) is 7.91. The molecule has 0 fully saturated rings. The fourth-order valence-corrected chi connectivity index (χ4v) is 3.85. The van der Waals surface area contributed by atoms with Gasteiger partial charge in [0.1, 0.15) is 12.4 Å². The van der Waals surface area contributed by atoms with Crippen molar-refractivity contribution in [3.63, 3.8) is 0 Å². The molecule has 0 saturated heterocycles. The van der Waals surface area contributed by atoms with Crippen molar-refractivity contribution in [2.45, 2.75) is 45.6 Å². The summed E-state index contributed by atoms with van der Waals surface area (Å²) in [6, 6.07) is 18.1. The molecular weight excluding hydrogens is 334 g/mol. The number of para-hydroxylation sites is 1. The van der Waals surface area contributed by atoms with Gasteiger partial charge >= 0.3 is 0 Å². The Kier molecular flexibility index (Phi) is 5.19. The second-order valence-electron chi connectivity index (χ2n) is 7.34. The fraction of sp³-hybridized carbons (Fsp3) is 0.333. The first-order valence-corrected chi connectivity index (χ1v) is 9.89. The summed E-state index contributed by atoms with van der Waals surface area (Å²) < 4.78 is 5.96. The van der Waals surface area contributed by atoms with E-state index in [4.69, 9.17) is 4.74 Å². The smallest absolute Gasteiger partial charge is 0.166 e. The molecule has 0 N–H and O–H groups in total. The molecule has 0 bridgehead atoms. The second-order valence-corrected chi connectivity index (χ2v) is 7.34. The van der Waals surface area contributed by atoms with E-state index in [0.29, 0.717) is 12.4 Å². The third-order valence-electron chi connectivity index (χ3n) is 5.43. The van der Waals surface area contributed by atoms with E-state index in [1.54, 1.807) is 0 Å². The van der Waals surface area contributed by atoms with Crippen LogP contribution in [-0.4, -0.2) is 10.8 Å². The monoisotopic (exact) mass is 359 g/mol. The summed E-state index contributed by atoms with van der Waals surface area (Å²) >= 11 is 0. The summed E-state index contributed by atoms with van der Waals surface area (Å²) in [6.07, 6.45) is 5.23. The highest BCUT2D eigenvalue weighted by Gasteiger charge is 2.27. The number of rotatable bonds is 6. The van der Waals surface area contributed by atoms with E-state index < -0.39 is 0 Å². The van der Waals surface area contributed by atoms with Crippen LogP contribution in [0.5, 0.6) is 5.75 Å². The van der Waals surface area contributed by atoms with Gasteiger partial charge in [0.2, 0.25) is 0 Å². The molecule has 3 nitrogen and oxygen atoms in total. The minimum absolute atomic E-state index is 0.176. The fourth-order valence-electron chi connectivity index (χ4n) is 3.85. The zero-order valence-electron chi connectivity index (χ0n) is 15.8. The van der Waals surface area contributed by atoms with Crippen LogP contribution in [-0.2, 0) is 13.0 Å². The Bertz CT molecular complexity index is 964. The van der Waals surface area contributed by atoms with Crippen LogP contribution in [0.2, 0.25) is 0 Å². The van der Waals surface area contributed by atoms with E-state index in [9.17, 15) is 4.79 Å². The van der Waals surface area contributed by atoms with Gasteiger partial charge in [-0.2, -0.15) is 0 Å². The van der Waals surface area contributed by atoms with E-state index in [2.05, 4.69) is 24.0 Å². The number of hydrogen-bond acceptors (Lipinski definition) is 3. The number of ether oxygens (including phenoxy) is 1. The zero-order valence-corrected chi connectivity index (χ0v) is 15.8. The molecule has 3 heteroatoms. The highest BCUT2D eigenvalue weighted by Crippen LogP contribution is 2.31. The number of carbonyl (C=O) groups is 1. The van der Waals surface area contributed by atoms with Gasteiger partial charge in [-0.3, -0.25) is 4.79 Å². The number of nitrogens with zero attached hydrogens (tertiary/aromatic N) is 1. The number of Topliss-reactive ketones (excluding diaryl/α,β-unsaturated/α-hetero) is 1. The van der Waals surface area contributed by atoms with E-state index in [1.165, 1.54) is 0 Å². The normalized spacial score (nSPS) is 16.3. The lowest BCUT2D eigenvalue weighted by molar-refractivity contribution is 0.0892. The van der Waals surface area contributed by atoms with Crippen LogP contribution in [0.4, 0.5) is 0 Å². The maximum absolute atomic E-state index is 12.8. The van der Waals surface area contributed by atoms with Gasteiger partial charge in [-0.15, -0.1) is 0 Å². The van der Waals surface area contributed by atoms with Crippen LogP contribution in [0.3, 0.4) is 0 Å². The van der Waals surface area contributed by atoms with Crippen molar-refractivity contribution in [1.82, 2.24) is 4.98 Å². The number of fused-ring (bicyclic) bond motifs is 2. The van der Waals surface area contributed by atoms with Gasteiger partial charge < -0.3 is 4.74 Å². The Hall–Kier alpha value is -2.68. The Morgan fingerprint density at radius 2 is 2.00 bits per heavy atom. The van der Waals surface area contributed by atoms with Crippen molar-refractivity contribution in [3.8, 4) is 5.75 Å². The molecule has 0 spiro atoms. The van der Waals surface area contributed by atoms with Gasteiger partial charge in [0.15, 0.2) is 5.78 Å². The van der Waals surface area contributed by atoms with Crippen LogP contribution in [0.25, 0.3) is 10.9 Å². The molecule has 0 radical (unpaired) electrons. The van der Waals surface area contributed by atoms with Crippen molar-refractivity contribution in [2.24, 2.45) is 5.92 Å². The lowest BCUT2D eigenvalue weighted by Gasteiger charge is -2.23. The average Bonchev–Trinajstić information content (AvgIpc) is 2.72. The maximum atomic E-state index is 12.8. The first kappa shape index (κ1) is 17.7. The summed E-state index contributed by atoms with van der Waals surface area (Å²) in [4.78, 5) is 17.5. The van der Waals surface area contributed by atoms with Gasteiger partial charge in [-0.05, 0) is 49.1 Å². The molecule has 1 unspecified atom stereocenters. The molecule has 3 aromatic rings. The lowest BCUT2D eigenvalue weighted by atomic mass is 9.80. The summed E-state index contributed by atoms with van der Waals surface area (Å²) in [7, 11) is 0. The first-order chi connectivity index (χ1) is 13.2. The summed E-state index contributed by atoms with van der Waals surface area (Å²) in [5.74, 6) is 1.21. The SMILES string of the molecule is CCCCC1CCc2ccc(OCc3ccc4ccccc4n3)cc2C1=O. The Morgan fingerprint density at radius 3 is 2.89 bits per heavy atom. The van der Waals surface area contributed by atoms with Crippen molar-refractivity contribution >= 4 is 16.7 Å². The van der Waals surface area contributed by atoms with Crippen LogP contribution in [0, 0.1) is 5.92 Å². The quantitative estimate of drug-likeness (QED) is 0.562. The summed E-state index contributed by atoms with van der Waals surface area (Å²) in [5.41, 5.74) is 3.87. The van der Waals surface area contributed by atoms with Crippen molar-refractivity contribution in [1.29, 1.82) is 0 Å². The molecule has 138 valence electrons. The largest absolute Gasteiger partial charge is 0.487 e. The number of aryl methyl sites for hydroxylation is 1. The molecular formula is C24H25NO2. The van der Waals surface area contributed by atoms with Crippen LogP contribution < -0.4 is 4.74 Å². The van der Waals surface area contributed by atoms with E-state index >= 15 is 0 Å². The number of carbonyl (C=O) groups excluding carboxylic acids is 1. The standard InChI is InChI=1S/C24H25NO2/c1-2-3-6-19-10-9-17-12-14-21(15-22(17)24(19)26)27-16-20-13-11-18-7-4-5-8-23(18)25-20/h4-5,7-8,11-15,19H,2-3,6,9-10,16H2,1H3. The molecule has 1 aromatic heterocycles. The van der Waals surface area contributed by atoms with Gasteiger partial charge in [0.25, 0.3) is 0 Å². The molecule has 1 atom stereocenters. The number of hydrogen-bond donors (Lipinski definition) is 0. The number of aromatic nitrogens is 1. The van der Waals surface area contributed by atoms with E-state index in [1.807, 2.05) is 42.5 Å². The van der Waals surface area contributed by atoms with Crippen LogP contribution >= 0.6 is 0 Å². The number of ketones is 1. The van der Waals surface area contributed by atoms with Crippen LogP contribution in [0.15, 0.2) is 54.6 Å². The third-order valence-corrected chi connectivity index (χ3v) is 5.43. The first-order valence-electron chi connectivity index (χ1n) is 9.89. The predicted molar refractivity (Wildman–Crippen MR) is 108 cm³/mol. The van der Waals surface area contributed by atoms with Gasteiger partial charge in [0.05, 0.1) is 11.2 Å². The highest BCUT2D eigenvalue weighted by atomic mass is 16.5. The molecule has 0 amide bonds. The third kappa shape index (κ3) is 3.87. The van der Waals surface area contributed by atoms with Gasteiger partial charge in [-0.1, -0.05) is 50.1 Å². The summed E-state index contributed by atoms with van der Waals surface area (Å²) in [5, 5.41) is 1.12. The van der Waals surface area contributed by atoms with E-state index in [0.717, 1.165) is 65.6 Å². The molecule has 0 saturated carbocycles. The lowest BCUT2D eigenvalue weighted by Crippen LogP contribution is -2.22. The molecule has 1 aliphatic rings. The summed E-state index contributed by atoms with van der Waals surface area (Å²) in [6.45, 7) is 2.57. The van der Waals surface area contributed by atoms with Crippen molar-refractivity contribution in [2.75, 3.05) is 0 Å². The Balaban J connectivity index is 1.48. The average molecular weight is 359 g/mol. The van der Waals surface area contributed by atoms with E-state index in [-0.39, 0.29) is 5.92 Å². The Morgan fingerprint density at radius 1 is 1.11 bits per heavy atom. The van der Waals surface area contributed by atoms with Crippen molar-refractivity contribution in [3.05, 3.63) is 71.4 Å². The molecule has 4 rings (SSSR count). The number of unbranched alkanes of at least 4 members (excludes halogenated alkanes) is 1. The molecule has 0 aliphatic heterocycles. The van der Waals surface area contributed by atoms with Gasteiger partial charge in [0, 0.05) is 16.9 Å². The number of benzene rings is 2. The minimum Gasteiger partial charge on any atom is -0.487 e. The molecule has 1 aliphatic carbocycles. The van der Waals surface area contributed by atoms with Crippen LogP contribution in [0.1, 0.15) is 54.2 Å². The minimum atomic E-state index is 0.176. The molecule has 2 aromatic carbocycles. The topological polar surface area (TPSA) is 39.2 Å². The highest BCUT2D eigenvalue weighted by molar-refractivity contribution is 6.00. The number of pyridine rings is 1. The van der Waals surface area contributed by atoms with Crippen molar-refractivity contribution < 1.29 is 9.53 Å². The Labute approximate surface area is 160 Å². The predicted octanol–water partition coefficient (Wildman–Crippen LogP) is 5.75. The molecule has 1 heterocycles. The van der Waals surface area contributed by atoms with Gasteiger partial charge in [-0.25, -0.2) is 4.98 Å². The zero-order chi connectivity index (χ0) is 18.6. The molecule has 27 heavy (non-hydrogen) atoms. The maximum Gasteiger partial charge on any atom is 0.166 e.